The molecule has 4 heteroatoms. The van der Waals surface area contributed by atoms with Crippen LogP contribution < -0.4 is 0 Å². The molecule has 2 saturated carbocycles. The smallest absolute Gasteiger partial charge is 0.226 e. The summed E-state index contributed by atoms with van der Waals surface area (Å²) in [5, 5.41) is 0. The van der Waals surface area contributed by atoms with E-state index in [1.807, 2.05) is 0 Å². The van der Waals surface area contributed by atoms with E-state index in [0.29, 0.717) is 17.2 Å². The molecule has 5 rings (SSSR count). The van der Waals surface area contributed by atoms with Crippen LogP contribution in [0.5, 0.6) is 0 Å². The summed E-state index contributed by atoms with van der Waals surface area (Å²) < 4.78 is 6.15. The Labute approximate surface area is 157 Å². The molecule has 2 saturated heterocycles. The van der Waals surface area contributed by atoms with Gasteiger partial charge in [0.2, 0.25) is 5.91 Å². The van der Waals surface area contributed by atoms with Gasteiger partial charge in [-0.1, -0.05) is 12.2 Å². The van der Waals surface area contributed by atoms with Gasteiger partial charge >= 0.3 is 0 Å². The van der Waals surface area contributed by atoms with E-state index < -0.39 is 0 Å². The lowest BCUT2D eigenvalue weighted by Gasteiger charge is -2.31. The van der Waals surface area contributed by atoms with E-state index in [0.717, 1.165) is 51.0 Å². The van der Waals surface area contributed by atoms with Gasteiger partial charge in [-0.25, -0.2) is 0 Å². The van der Waals surface area contributed by atoms with E-state index in [9.17, 15) is 4.79 Å². The van der Waals surface area contributed by atoms with Gasteiger partial charge < -0.3 is 14.5 Å². The molecule has 3 aliphatic carbocycles. The van der Waals surface area contributed by atoms with E-state index in [1.165, 1.54) is 51.7 Å². The highest BCUT2D eigenvalue weighted by Crippen LogP contribution is 2.46. The van der Waals surface area contributed by atoms with Crippen molar-refractivity contribution >= 4 is 5.91 Å². The van der Waals surface area contributed by atoms with E-state index in [1.54, 1.807) is 0 Å². The highest BCUT2D eigenvalue weighted by molar-refractivity contribution is 5.80. The summed E-state index contributed by atoms with van der Waals surface area (Å²) in [6, 6.07) is 0. The highest BCUT2D eigenvalue weighted by Gasteiger charge is 2.52. The van der Waals surface area contributed by atoms with Gasteiger partial charge in [-0.15, -0.1) is 0 Å². The topological polar surface area (TPSA) is 32.8 Å². The number of ether oxygens (including phenoxy) is 1. The van der Waals surface area contributed by atoms with Crippen LogP contribution in [0.2, 0.25) is 0 Å². The Bertz CT molecular complexity index is 560. The molecule has 0 aromatic carbocycles. The Balaban J connectivity index is 1.23. The van der Waals surface area contributed by atoms with Gasteiger partial charge in [0, 0.05) is 56.6 Å². The van der Waals surface area contributed by atoms with Crippen molar-refractivity contribution in [3.05, 3.63) is 12.2 Å². The molecule has 0 unspecified atom stereocenters. The van der Waals surface area contributed by atoms with Crippen molar-refractivity contribution in [2.45, 2.75) is 44.9 Å². The number of allylic oxidation sites excluding steroid dienone is 2. The van der Waals surface area contributed by atoms with E-state index in [2.05, 4.69) is 22.0 Å². The molecular formula is C22H34N2O2. The zero-order valence-electron chi connectivity index (χ0n) is 16.1. The van der Waals surface area contributed by atoms with Crippen LogP contribution in [-0.2, 0) is 9.53 Å². The van der Waals surface area contributed by atoms with Crippen molar-refractivity contribution in [1.29, 1.82) is 0 Å². The molecule has 5 aliphatic rings. The normalized spacial score (nSPS) is 35.2. The molecule has 0 aromatic rings. The fourth-order valence-electron chi connectivity index (χ4n) is 5.46. The first-order valence-electron chi connectivity index (χ1n) is 11.0. The molecule has 0 aromatic heterocycles. The Morgan fingerprint density at radius 3 is 2.54 bits per heavy atom. The Kier molecular flexibility index (Phi) is 4.60. The standard InChI is InChI=1S/C22H34N2O2/c25-21(19-3-1-2-4-19)24-10-9-22(16-24)15-23(11-17-5-6-17)12-20(22)14-26-13-18-7-8-18/h1-2,17-20H,3-16H2/t20-,22+/m0/s1. The second kappa shape index (κ2) is 6.94. The molecular weight excluding hydrogens is 324 g/mol. The van der Waals surface area contributed by atoms with Crippen LogP contribution in [-0.4, -0.2) is 61.6 Å². The number of carbonyl (C=O) groups excluding carboxylic acids is 1. The average molecular weight is 359 g/mol. The summed E-state index contributed by atoms with van der Waals surface area (Å²) in [4.78, 5) is 17.8. The van der Waals surface area contributed by atoms with Crippen LogP contribution in [0.25, 0.3) is 0 Å². The summed E-state index contributed by atoms with van der Waals surface area (Å²) in [7, 11) is 0. The second-order valence-corrected chi connectivity index (χ2v) is 9.83. The number of nitrogens with zero attached hydrogens (tertiary/aromatic N) is 2. The molecule has 1 spiro atoms. The molecule has 0 N–H and O–H groups in total. The second-order valence-electron chi connectivity index (χ2n) is 9.83. The summed E-state index contributed by atoms with van der Waals surface area (Å²) in [5.41, 5.74) is 0.292. The van der Waals surface area contributed by atoms with Gasteiger partial charge in [-0.3, -0.25) is 4.79 Å². The molecule has 2 heterocycles. The van der Waals surface area contributed by atoms with Crippen molar-refractivity contribution < 1.29 is 9.53 Å². The van der Waals surface area contributed by atoms with E-state index in [4.69, 9.17) is 4.74 Å². The summed E-state index contributed by atoms with van der Waals surface area (Å²) >= 11 is 0. The lowest BCUT2D eigenvalue weighted by molar-refractivity contribution is -0.134. The van der Waals surface area contributed by atoms with Gasteiger partial charge in [0.25, 0.3) is 0 Å². The van der Waals surface area contributed by atoms with Crippen molar-refractivity contribution in [2.75, 3.05) is 45.9 Å². The maximum Gasteiger partial charge on any atom is 0.226 e. The number of amides is 1. The Morgan fingerprint density at radius 2 is 1.81 bits per heavy atom. The largest absolute Gasteiger partial charge is 0.381 e. The first-order valence-corrected chi connectivity index (χ1v) is 11.0. The minimum absolute atomic E-state index is 0.221. The third-order valence-electron chi connectivity index (χ3n) is 7.52. The monoisotopic (exact) mass is 358 g/mol. The number of carbonyl (C=O) groups is 1. The van der Waals surface area contributed by atoms with Gasteiger partial charge in [0.1, 0.15) is 0 Å². The van der Waals surface area contributed by atoms with Gasteiger partial charge in [0.15, 0.2) is 0 Å². The maximum absolute atomic E-state index is 12.9. The predicted octanol–water partition coefficient (Wildman–Crippen LogP) is 2.94. The highest BCUT2D eigenvalue weighted by atomic mass is 16.5. The molecule has 144 valence electrons. The Hall–Kier alpha value is -0.870. The lowest BCUT2D eigenvalue weighted by atomic mass is 9.77. The van der Waals surface area contributed by atoms with Crippen molar-refractivity contribution in [3.63, 3.8) is 0 Å². The SMILES string of the molecule is O=C(C1CC=CC1)N1CC[C@@]2(CN(CC3CC3)C[C@H]2COCC2CC2)C1. The minimum atomic E-state index is 0.221. The van der Waals surface area contributed by atoms with Crippen LogP contribution in [0.15, 0.2) is 12.2 Å². The number of rotatable bonds is 7. The number of hydrogen-bond donors (Lipinski definition) is 0. The quantitative estimate of drug-likeness (QED) is 0.656. The zero-order chi connectivity index (χ0) is 17.6. The molecule has 0 radical (unpaired) electrons. The number of likely N-dealkylation sites (tertiary alicyclic amines) is 2. The molecule has 26 heavy (non-hydrogen) atoms. The summed E-state index contributed by atoms with van der Waals surface area (Å²) in [5.74, 6) is 3.02. The summed E-state index contributed by atoms with van der Waals surface area (Å²) in [6.45, 7) is 7.46. The average Bonchev–Trinajstić information content (AvgIpc) is 3.49. The zero-order valence-corrected chi connectivity index (χ0v) is 16.1. The van der Waals surface area contributed by atoms with Crippen molar-refractivity contribution in [1.82, 2.24) is 9.80 Å². The molecule has 2 aliphatic heterocycles. The predicted molar refractivity (Wildman–Crippen MR) is 102 cm³/mol. The van der Waals surface area contributed by atoms with E-state index in [-0.39, 0.29) is 5.92 Å². The lowest BCUT2D eigenvalue weighted by Crippen LogP contribution is -2.40. The van der Waals surface area contributed by atoms with Crippen LogP contribution in [0.4, 0.5) is 0 Å². The van der Waals surface area contributed by atoms with Gasteiger partial charge in [0.05, 0.1) is 6.61 Å². The first-order chi connectivity index (χ1) is 12.7. The fraction of sp³-hybridized carbons (Fsp3) is 0.864. The third kappa shape index (κ3) is 3.60. The molecule has 4 nitrogen and oxygen atoms in total. The van der Waals surface area contributed by atoms with Gasteiger partial charge in [-0.05, 0) is 56.8 Å². The van der Waals surface area contributed by atoms with E-state index >= 15 is 0 Å². The van der Waals surface area contributed by atoms with Crippen LogP contribution >= 0.6 is 0 Å². The third-order valence-corrected chi connectivity index (χ3v) is 7.52. The summed E-state index contributed by atoms with van der Waals surface area (Å²) in [6.07, 6.45) is 13.0. The molecule has 0 bridgehead atoms. The molecule has 1 amide bonds. The van der Waals surface area contributed by atoms with Gasteiger partial charge in [-0.2, -0.15) is 0 Å². The van der Waals surface area contributed by atoms with Crippen LogP contribution in [0, 0.1) is 29.1 Å². The number of hydrogen-bond acceptors (Lipinski definition) is 3. The molecule has 2 atom stereocenters. The molecule has 4 fully saturated rings. The maximum atomic E-state index is 12.9. The Morgan fingerprint density at radius 1 is 1.04 bits per heavy atom. The van der Waals surface area contributed by atoms with Crippen LogP contribution in [0.3, 0.4) is 0 Å². The van der Waals surface area contributed by atoms with Crippen molar-refractivity contribution in [3.8, 4) is 0 Å². The fourth-order valence-corrected chi connectivity index (χ4v) is 5.46. The first kappa shape index (κ1) is 17.2. The van der Waals surface area contributed by atoms with Crippen LogP contribution in [0.1, 0.15) is 44.9 Å². The minimum Gasteiger partial charge on any atom is -0.381 e. The van der Waals surface area contributed by atoms with Crippen molar-refractivity contribution in [2.24, 2.45) is 29.1 Å².